The maximum absolute atomic E-state index is 5.25. The molecule has 2 atom stereocenters. The Bertz CT molecular complexity index is 3280. The molecule has 12 rings (SSSR count). The van der Waals surface area contributed by atoms with Crippen LogP contribution in [0.4, 0.5) is 11.4 Å². The minimum Gasteiger partial charge on any atom is -0.333 e. The molecule has 0 amide bonds. The SMILES string of the molecule is C1=CC2c3cc(-c4ccc5c(c4)c4ccccc4n5-c4nccc(-c5cccc(-c6cccc7c6sc6ccccc67)c5)n4)ccc3N(c3ccccc3)C2C=C1. The molecule has 1 aliphatic heterocycles. The summed E-state index contributed by atoms with van der Waals surface area (Å²) in [6.07, 6.45) is 10.9. The van der Waals surface area contributed by atoms with Gasteiger partial charge < -0.3 is 4.90 Å². The zero-order chi connectivity index (χ0) is 37.5. The van der Waals surface area contributed by atoms with Gasteiger partial charge in [0.15, 0.2) is 0 Å². The van der Waals surface area contributed by atoms with Crippen LogP contribution in [0.1, 0.15) is 11.5 Å². The minimum atomic E-state index is 0.261. The van der Waals surface area contributed by atoms with Crippen molar-refractivity contribution in [3.05, 3.63) is 200 Å². The maximum atomic E-state index is 5.25. The third kappa shape index (κ3) is 5.06. The molecule has 0 saturated heterocycles. The van der Waals surface area contributed by atoms with Crippen molar-refractivity contribution < 1.29 is 0 Å². The van der Waals surface area contributed by atoms with Gasteiger partial charge in [0.25, 0.3) is 0 Å². The Morgan fingerprint density at radius 1 is 0.526 bits per heavy atom. The smallest absolute Gasteiger partial charge is 0.235 e. The highest BCUT2D eigenvalue weighted by atomic mass is 32.1. The fourth-order valence-corrected chi connectivity index (χ4v) is 10.5. The van der Waals surface area contributed by atoms with Crippen LogP contribution in [-0.2, 0) is 0 Å². The predicted octanol–water partition coefficient (Wildman–Crippen LogP) is 13.7. The van der Waals surface area contributed by atoms with E-state index >= 15 is 0 Å². The zero-order valence-corrected chi connectivity index (χ0v) is 31.6. The maximum Gasteiger partial charge on any atom is 0.235 e. The molecular weight excluding hydrogens is 713 g/mol. The lowest BCUT2D eigenvalue weighted by atomic mass is 9.89. The van der Waals surface area contributed by atoms with Crippen molar-refractivity contribution in [1.82, 2.24) is 14.5 Å². The lowest BCUT2D eigenvalue weighted by Gasteiger charge is -2.28. The van der Waals surface area contributed by atoms with E-state index in [4.69, 9.17) is 9.97 Å². The molecule has 0 radical (unpaired) electrons. The molecule has 7 aromatic carbocycles. The van der Waals surface area contributed by atoms with Gasteiger partial charge in [0, 0.05) is 60.0 Å². The molecule has 10 aromatic rings. The standard InChI is InChI=1S/C52H34N4S/c1-2-14-37(15-3-1)55-46-21-7-4-16-39(46)43-31-33(24-26-48(43)55)34-25-27-49-44(32-34)40-17-5-8-22-47(40)56(49)52-53-29-28-45(54-52)36-13-10-12-35(30-36)38-19-11-20-42-41-18-6-9-23-50(41)57-51(38)42/h1-32,39,46H. The zero-order valence-electron chi connectivity index (χ0n) is 30.8. The molecular formula is C52H34N4S. The average Bonchev–Trinajstić information content (AvgIpc) is 3.94. The van der Waals surface area contributed by atoms with E-state index in [9.17, 15) is 0 Å². The molecule has 2 aliphatic rings. The van der Waals surface area contributed by atoms with E-state index in [1.165, 1.54) is 70.1 Å². The van der Waals surface area contributed by atoms with E-state index in [2.05, 4.69) is 191 Å². The monoisotopic (exact) mass is 746 g/mol. The molecule has 0 N–H and O–H groups in total. The summed E-state index contributed by atoms with van der Waals surface area (Å²) in [5, 5.41) is 4.97. The van der Waals surface area contributed by atoms with Crippen LogP contribution in [0.15, 0.2) is 194 Å². The predicted molar refractivity (Wildman–Crippen MR) is 239 cm³/mol. The first-order valence-electron chi connectivity index (χ1n) is 19.5. The molecule has 0 saturated carbocycles. The largest absolute Gasteiger partial charge is 0.333 e. The molecule has 0 bridgehead atoms. The number of nitrogens with zero attached hydrogens (tertiary/aromatic N) is 4. The normalized spacial score (nSPS) is 15.9. The lowest BCUT2D eigenvalue weighted by molar-refractivity contribution is 0.745. The van der Waals surface area contributed by atoms with Crippen molar-refractivity contribution in [2.75, 3.05) is 4.90 Å². The molecule has 0 fully saturated rings. The van der Waals surface area contributed by atoms with Crippen LogP contribution in [0.25, 0.3) is 81.4 Å². The first-order chi connectivity index (χ1) is 28.3. The van der Waals surface area contributed by atoms with Gasteiger partial charge in [-0.2, -0.15) is 0 Å². The minimum absolute atomic E-state index is 0.261. The highest BCUT2D eigenvalue weighted by Crippen LogP contribution is 2.49. The summed E-state index contributed by atoms with van der Waals surface area (Å²) in [4.78, 5) is 12.6. The molecule has 1 aliphatic carbocycles. The number of hydrogen-bond donors (Lipinski definition) is 0. The average molecular weight is 747 g/mol. The van der Waals surface area contributed by atoms with Gasteiger partial charge in [-0.3, -0.25) is 4.57 Å². The van der Waals surface area contributed by atoms with Crippen molar-refractivity contribution in [2.45, 2.75) is 12.0 Å². The first kappa shape index (κ1) is 32.2. The highest BCUT2D eigenvalue weighted by Gasteiger charge is 2.37. The Balaban J connectivity index is 0.941. The van der Waals surface area contributed by atoms with Gasteiger partial charge in [-0.05, 0) is 88.5 Å². The van der Waals surface area contributed by atoms with E-state index < -0.39 is 0 Å². The van der Waals surface area contributed by atoms with E-state index in [-0.39, 0.29) is 6.04 Å². The van der Waals surface area contributed by atoms with Gasteiger partial charge in [0.2, 0.25) is 5.95 Å². The van der Waals surface area contributed by atoms with Crippen LogP contribution in [0.2, 0.25) is 0 Å². The molecule has 4 heterocycles. The van der Waals surface area contributed by atoms with Crippen molar-refractivity contribution in [3.8, 4) is 39.5 Å². The van der Waals surface area contributed by atoms with Crippen LogP contribution in [-0.4, -0.2) is 20.6 Å². The second-order valence-electron chi connectivity index (χ2n) is 15.0. The number of benzene rings is 7. The number of fused-ring (bicyclic) bond motifs is 9. The first-order valence-corrected chi connectivity index (χ1v) is 20.3. The number of hydrogen-bond acceptors (Lipinski definition) is 4. The number of rotatable bonds is 5. The Hall–Kier alpha value is -7.08. The molecule has 3 aromatic heterocycles. The molecule has 5 heteroatoms. The number of anilines is 2. The van der Waals surface area contributed by atoms with Crippen LogP contribution in [0.5, 0.6) is 0 Å². The summed E-state index contributed by atoms with van der Waals surface area (Å²) in [5.41, 5.74) is 12.8. The van der Waals surface area contributed by atoms with E-state index in [0.29, 0.717) is 11.9 Å². The van der Waals surface area contributed by atoms with E-state index in [0.717, 1.165) is 22.3 Å². The second kappa shape index (κ2) is 12.7. The van der Waals surface area contributed by atoms with Crippen molar-refractivity contribution in [1.29, 1.82) is 0 Å². The third-order valence-corrected chi connectivity index (χ3v) is 13.0. The molecule has 4 nitrogen and oxygen atoms in total. The summed E-state index contributed by atoms with van der Waals surface area (Å²) >= 11 is 1.86. The van der Waals surface area contributed by atoms with Gasteiger partial charge in [-0.25, -0.2) is 9.97 Å². The van der Waals surface area contributed by atoms with Crippen molar-refractivity contribution in [2.24, 2.45) is 0 Å². The van der Waals surface area contributed by atoms with Crippen LogP contribution in [0.3, 0.4) is 0 Å². The number of aromatic nitrogens is 3. The van der Waals surface area contributed by atoms with Gasteiger partial charge in [0.05, 0.1) is 22.8 Å². The molecule has 57 heavy (non-hydrogen) atoms. The Morgan fingerprint density at radius 3 is 2.23 bits per heavy atom. The van der Waals surface area contributed by atoms with E-state index in [1.54, 1.807) is 0 Å². The third-order valence-electron chi connectivity index (χ3n) is 11.8. The quantitative estimate of drug-likeness (QED) is 0.176. The van der Waals surface area contributed by atoms with Crippen LogP contribution >= 0.6 is 11.3 Å². The number of allylic oxidation sites excluding steroid dienone is 2. The Morgan fingerprint density at radius 2 is 1.28 bits per heavy atom. The topological polar surface area (TPSA) is 34.0 Å². The summed E-state index contributed by atoms with van der Waals surface area (Å²) < 4.78 is 4.83. The summed E-state index contributed by atoms with van der Waals surface area (Å²) in [5.74, 6) is 0.954. The highest BCUT2D eigenvalue weighted by molar-refractivity contribution is 7.26. The molecule has 2 unspecified atom stereocenters. The van der Waals surface area contributed by atoms with Crippen LogP contribution in [0, 0.1) is 0 Å². The van der Waals surface area contributed by atoms with Crippen LogP contribution < -0.4 is 4.90 Å². The number of para-hydroxylation sites is 2. The number of thiophene rings is 1. The Labute approximate surface area is 334 Å². The van der Waals surface area contributed by atoms with Gasteiger partial charge in [-0.15, -0.1) is 11.3 Å². The van der Waals surface area contributed by atoms with Gasteiger partial charge in [0.1, 0.15) is 0 Å². The molecule has 0 spiro atoms. The van der Waals surface area contributed by atoms with Gasteiger partial charge >= 0.3 is 0 Å². The second-order valence-corrected chi connectivity index (χ2v) is 16.0. The summed E-state index contributed by atoms with van der Waals surface area (Å²) in [6, 6.07) is 59.5. The Kier molecular flexibility index (Phi) is 7.19. The van der Waals surface area contributed by atoms with Crippen molar-refractivity contribution in [3.63, 3.8) is 0 Å². The summed E-state index contributed by atoms with van der Waals surface area (Å²) in [7, 11) is 0. The molecule has 268 valence electrons. The van der Waals surface area contributed by atoms with Gasteiger partial charge in [-0.1, -0.05) is 127 Å². The lowest BCUT2D eigenvalue weighted by Crippen LogP contribution is -2.28. The van der Waals surface area contributed by atoms with E-state index in [1.807, 2.05) is 23.6 Å². The fourth-order valence-electron chi connectivity index (χ4n) is 9.22. The summed E-state index contributed by atoms with van der Waals surface area (Å²) in [6.45, 7) is 0. The fraction of sp³-hybridized carbons (Fsp3) is 0.0385. The van der Waals surface area contributed by atoms with Crippen molar-refractivity contribution >= 4 is 64.7 Å².